The number of halogens is 1. The van der Waals surface area contributed by atoms with Gasteiger partial charge in [-0.05, 0) is 23.1 Å². The fourth-order valence-corrected chi connectivity index (χ4v) is 2.66. The van der Waals surface area contributed by atoms with Crippen molar-refractivity contribution in [2.45, 2.75) is 12.6 Å². The van der Waals surface area contributed by atoms with E-state index in [1.807, 2.05) is 5.38 Å². The van der Waals surface area contributed by atoms with E-state index in [0.717, 1.165) is 10.4 Å². The molecule has 2 rings (SSSR count). The molecule has 0 saturated carbocycles. The van der Waals surface area contributed by atoms with E-state index in [4.69, 9.17) is 11.6 Å². The molecule has 2 amide bonds. The molecule has 0 bridgehead atoms. The van der Waals surface area contributed by atoms with Gasteiger partial charge in [-0.25, -0.2) is 0 Å². The van der Waals surface area contributed by atoms with Gasteiger partial charge in [0.05, 0.1) is 0 Å². The summed E-state index contributed by atoms with van der Waals surface area (Å²) in [6.07, 6.45) is -0.819. The summed E-state index contributed by atoms with van der Waals surface area (Å²) in [5.74, 6) is -1.55. The van der Waals surface area contributed by atoms with Crippen molar-refractivity contribution in [1.82, 2.24) is 10.6 Å². The summed E-state index contributed by atoms with van der Waals surface area (Å²) in [4.78, 5) is 24.1. The van der Waals surface area contributed by atoms with Crippen LogP contribution in [0.15, 0.2) is 41.8 Å². The molecular weight excluding hydrogens is 324 g/mol. The molecule has 1 atom stereocenters. The lowest BCUT2D eigenvalue weighted by Gasteiger charge is -2.10. The van der Waals surface area contributed by atoms with E-state index in [2.05, 4.69) is 10.6 Å². The molecule has 0 aliphatic heterocycles. The van der Waals surface area contributed by atoms with Gasteiger partial charge in [0, 0.05) is 23.0 Å². The number of hydrogen-bond donors (Lipinski definition) is 3. The zero-order chi connectivity index (χ0) is 15.9. The summed E-state index contributed by atoms with van der Waals surface area (Å²) in [5, 5.41) is 17.1. The van der Waals surface area contributed by atoms with Crippen molar-refractivity contribution in [2.75, 3.05) is 6.54 Å². The number of aliphatic hydroxyl groups excluding tert-OH is 1. The van der Waals surface area contributed by atoms with Gasteiger partial charge in [-0.2, -0.15) is 0 Å². The van der Waals surface area contributed by atoms with Gasteiger partial charge in [-0.1, -0.05) is 35.9 Å². The fourth-order valence-electron chi connectivity index (χ4n) is 1.75. The second kappa shape index (κ2) is 7.93. The predicted molar refractivity (Wildman–Crippen MR) is 85.6 cm³/mol. The Labute approximate surface area is 136 Å². The van der Waals surface area contributed by atoms with Gasteiger partial charge in [-0.3, -0.25) is 9.59 Å². The van der Waals surface area contributed by atoms with Crippen LogP contribution in [0.4, 0.5) is 0 Å². The summed E-state index contributed by atoms with van der Waals surface area (Å²) >= 11 is 7.35. The molecule has 3 N–H and O–H groups in total. The molecule has 116 valence electrons. The van der Waals surface area contributed by atoms with Crippen molar-refractivity contribution in [2.24, 2.45) is 0 Å². The number of thiophene rings is 1. The van der Waals surface area contributed by atoms with Crippen molar-refractivity contribution in [3.05, 3.63) is 57.2 Å². The minimum absolute atomic E-state index is 0.0150. The van der Waals surface area contributed by atoms with E-state index in [9.17, 15) is 14.7 Å². The maximum Gasteiger partial charge on any atom is 0.309 e. The summed E-state index contributed by atoms with van der Waals surface area (Å²) in [7, 11) is 0. The first-order valence-electron chi connectivity index (χ1n) is 6.59. The van der Waals surface area contributed by atoms with Crippen LogP contribution in [0.25, 0.3) is 0 Å². The first-order valence-corrected chi connectivity index (χ1v) is 7.84. The Bertz CT molecular complexity index is 646. The minimum Gasteiger partial charge on any atom is -0.386 e. The molecule has 0 radical (unpaired) electrons. The SMILES string of the molecule is O=C(NCc1ccccc1Cl)C(=O)NCC(O)c1cccs1. The largest absolute Gasteiger partial charge is 0.386 e. The van der Waals surface area contributed by atoms with Crippen molar-refractivity contribution in [3.63, 3.8) is 0 Å². The van der Waals surface area contributed by atoms with E-state index in [1.165, 1.54) is 11.3 Å². The second-order valence-corrected chi connectivity index (χ2v) is 5.90. The maximum absolute atomic E-state index is 11.7. The molecule has 0 fully saturated rings. The molecule has 7 heteroatoms. The quantitative estimate of drug-likeness (QED) is 0.728. The third-order valence-corrected chi connectivity index (χ3v) is 4.27. The van der Waals surface area contributed by atoms with Gasteiger partial charge in [0.2, 0.25) is 0 Å². The fraction of sp³-hybridized carbons (Fsp3) is 0.200. The van der Waals surface area contributed by atoms with Gasteiger partial charge in [0.25, 0.3) is 0 Å². The Morgan fingerprint density at radius 3 is 2.55 bits per heavy atom. The Morgan fingerprint density at radius 2 is 1.86 bits per heavy atom. The molecule has 1 aromatic carbocycles. The van der Waals surface area contributed by atoms with Crippen molar-refractivity contribution in [1.29, 1.82) is 0 Å². The smallest absolute Gasteiger partial charge is 0.309 e. The van der Waals surface area contributed by atoms with Crippen LogP contribution in [0.5, 0.6) is 0 Å². The van der Waals surface area contributed by atoms with Crippen LogP contribution in [0, 0.1) is 0 Å². The number of amides is 2. The number of carbonyl (C=O) groups excluding carboxylic acids is 2. The second-order valence-electron chi connectivity index (χ2n) is 4.52. The van der Waals surface area contributed by atoms with Crippen LogP contribution >= 0.6 is 22.9 Å². The van der Waals surface area contributed by atoms with Crippen LogP contribution in [0.1, 0.15) is 16.5 Å². The van der Waals surface area contributed by atoms with Crippen LogP contribution in [0.2, 0.25) is 5.02 Å². The molecule has 1 heterocycles. The number of hydrogen-bond acceptors (Lipinski definition) is 4. The number of nitrogens with one attached hydrogen (secondary N) is 2. The normalized spacial score (nSPS) is 11.7. The lowest BCUT2D eigenvalue weighted by atomic mass is 10.2. The number of benzene rings is 1. The summed E-state index contributed by atoms with van der Waals surface area (Å²) in [6, 6.07) is 10.6. The van der Waals surface area contributed by atoms with Crippen LogP contribution in [0.3, 0.4) is 0 Å². The van der Waals surface area contributed by atoms with Gasteiger partial charge in [-0.15, -0.1) is 11.3 Å². The van der Waals surface area contributed by atoms with E-state index in [1.54, 1.807) is 36.4 Å². The molecule has 0 spiro atoms. The van der Waals surface area contributed by atoms with E-state index in [0.29, 0.717) is 5.02 Å². The number of rotatable bonds is 5. The first-order chi connectivity index (χ1) is 10.6. The molecular formula is C15H15ClN2O3S. The zero-order valence-electron chi connectivity index (χ0n) is 11.6. The average Bonchev–Trinajstić information content (AvgIpc) is 3.05. The Hall–Kier alpha value is -1.89. The van der Waals surface area contributed by atoms with Gasteiger partial charge >= 0.3 is 11.8 Å². The standard InChI is InChI=1S/C15H15ClN2O3S/c16-11-5-2-1-4-10(11)8-17-14(20)15(21)18-9-12(19)13-6-3-7-22-13/h1-7,12,19H,8-9H2,(H,17,20)(H,18,21). The molecule has 0 saturated heterocycles. The van der Waals surface area contributed by atoms with Crippen LogP contribution in [-0.2, 0) is 16.1 Å². The Morgan fingerprint density at radius 1 is 1.14 bits per heavy atom. The highest BCUT2D eigenvalue weighted by molar-refractivity contribution is 7.10. The predicted octanol–water partition coefficient (Wildman–Crippen LogP) is 1.87. The van der Waals surface area contributed by atoms with Crippen LogP contribution in [-0.4, -0.2) is 23.5 Å². The Kier molecular flexibility index (Phi) is 5.94. The summed E-state index contributed by atoms with van der Waals surface area (Å²) in [5.41, 5.74) is 0.726. The third kappa shape index (κ3) is 4.56. The van der Waals surface area contributed by atoms with E-state index >= 15 is 0 Å². The number of aliphatic hydroxyl groups is 1. The zero-order valence-corrected chi connectivity index (χ0v) is 13.2. The highest BCUT2D eigenvalue weighted by Gasteiger charge is 2.16. The summed E-state index contributed by atoms with van der Waals surface area (Å²) < 4.78 is 0. The van der Waals surface area contributed by atoms with Crippen molar-refractivity contribution >= 4 is 34.8 Å². The van der Waals surface area contributed by atoms with E-state index in [-0.39, 0.29) is 13.1 Å². The highest BCUT2D eigenvalue weighted by Crippen LogP contribution is 2.17. The van der Waals surface area contributed by atoms with Gasteiger partial charge < -0.3 is 15.7 Å². The lowest BCUT2D eigenvalue weighted by Crippen LogP contribution is -2.41. The molecule has 2 aromatic rings. The van der Waals surface area contributed by atoms with Crippen LogP contribution < -0.4 is 10.6 Å². The summed E-state index contributed by atoms with van der Waals surface area (Å²) in [6.45, 7) is 0.151. The number of carbonyl (C=O) groups is 2. The minimum atomic E-state index is -0.819. The molecule has 0 aliphatic carbocycles. The molecule has 0 aliphatic rings. The van der Waals surface area contributed by atoms with Crippen molar-refractivity contribution < 1.29 is 14.7 Å². The monoisotopic (exact) mass is 338 g/mol. The van der Waals surface area contributed by atoms with Crippen molar-refractivity contribution in [3.8, 4) is 0 Å². The molecule has 1 aromatic heterocycles. The molecule has 1 unspecified atom stereocenters. The lowest BCUT2D eigenvalue weighted by molar-refractivity contribution is -0.139. The average molecular weight is 339 g/mol. The third-order valence-electron chi connectivity index (χ3n) is 2.93. The van der Waals surface area contributed by atoms with Gasteiger partial charge in [0.1, 0.15) is 6.10 Å². The molecule has 5 nitrogen and oxygen atoms in total. The first kappa shape index (κ1) is 16.5. The molecule has 22 heavy (non-hydrogen) atoms. The Balaban J connectivity index is 1.78. The van der Waals surface area contributed by atoms with E-state index < -0.39 is 17.9 Å². The van der Waals surface area contributed by atoms with Gasteiger partial charge in [0.15, 0.2) is 0 Å². The topological polar surface area (TPSA) is 78.4 Å². The highest BCUT2D eigenvalue weighted by atomic mass is 35.5. The maximum atomic E-state index is 11.7.